The van der Waals surface area contributed by atoms with Gasteiger partial charge in [-0.3, -0.25) is 0 Å². The Balaban J connectivity index is 2.11. The molecule has 4 heteroatoms. The van der Waals surface area contributed by atoms with Gasteiger partial charge in [0.2, 0.25) is 0 Å². The van der Waals surface area contributed by atoms with Crippen LogP contribution in [0.15, 0.2) is 24.3 Å². The number of thioether (sulfide) groups is 1. The van der Waals surface area contributed by atoms with Crippen LogP contribution in [0.3, 0.4) is 0 Å². The Labute approximate surface area is 93.6 Å². The van der Waals surface area contributed by atoms with E-state index in [0.29, 0.717) is 12.4 Å². The van der Waals surface area contributed by atoms with Crippen molar-refractivity contribution < 1.29 is 9.84 Å². The largest absolute Gasteiger partial charge is 0.492 e. The van der Waals surface area contributed by atoms with Crippen molar-refractivity contribution in [1.29, 1.82) is 0 Å². The van der Waals surface area contributed by atoms with Crippen LogP contribution in [0.5, 0.6) is 5.75 Å². The van der Waals surface area contributed by atoms with Crippen molar-refractivity contribution in [3.63, 3.8) is 0 Å². The van der Waals surface area contributed by atoms with Crippen molar-refractivity contribution >= 4 is 11.8 Å². The minimum Gasteiger partial charge on any atom is -0.492 e. The maximum atomic E-state index is 8.78. The number of benzene rings is 1. The Morgan fingerprint density at radius 2 is 2.27 bits per heavy atom. The summed E-state index contributed by atoms with van der Waals surface area (Å²) in [5, 5.41) is 9.02. The number of hydrogen-bond acceptors (Lipinski definition) is 4. The summed E-state index contributed by atoms with van der Waals surface area (Å²) in [7, 11) is 0. The minimum atomic E-state index is 0.00602. The van der Waals surface area contributed by atoms with E-state index in [-0.39, 0.29) is 17.9 Å². The monoisotopic (exact) mass is 225 g/mol. The molecule has 0 spiro atoms. The van der Waals surface area contributed by atoms with Crippen LogP contribution in [-0.4, -0.2) is 29.3 Å². The lowest BCUT2D eigenvalue weighted by molar-refractivity contribution is 0.275. The number of ether oxygens (including phenoxy) is 1. The first kappa shape index (κ1) is 10.8. The lowest BCUT2D eigenvalue weighted by Gasteiger charge is -2.30. The van der Waals surface area contributed by atoms with Crippen molar-refractivity contribution in [3.8, 4) is 5.75 Å². The summed E-state index contributed by atoms with van der Waals surface area (Å²) < 4.78 is 5.62. The van der Waals surface area contributed by atoms with Crippen molar-refractivity contribution in [3.05, 3.63) is 29.8 Å². The molecule has 0 radical (unpaired) electrons. The summed E-state index contributed by atoms with van der Waals surface area (Å²) >= 11 is 1.67. The molecule has 0 amide bonds. The molecule has 0 saturated carbocycles. The average molecular weight is 225 g/mol. The van der Waals surface area contributed by atoms with Crippen molar-refractivity contribution in [2.24, 2.45) is 5.73 Å². The summed E-state index contributed by atoms with van der Waals surface area (Å²) in [5.74, 6) is 1.61. The van der Waals surface area contributed by atoms with E-state index in [2.05, 4.69) is 0 Å². The van der Waals surface area contributed by atoms with Gasteiger partial charge in [-0.05, 0) is 6.07 Å². The number of fused-ring (bicyclic) bond motifs is 1. The zero-order valence-corrected chi connectivity index (χ0v) is 9.24. The Bertz CT molecular complexity index is 332. The van der Waals surface area contributed by atoms with Gasteiger partial charge in [0.05, 0.1) is 11.9 Å². The number of aliphatic hydroxyl groups excluding tert-OH is 1. The number of rotatable bonds is 3. The second-order valence-electron chi connectivity index (χ2n) is 3.51. The van der Waals surface area contributed by atoms with Gasteiger partial charge in [-0.15, -0.1) is 0 Å². The third-order valence-electron chi connectivity index (χ3n) is 2.50. The van der Waals surface area contributed by atoms with Crippen LogP contribution in [0.2, 0.25) is 0 Å². The van der Waals surface area contributed by atoms with Crippen molar-refractivity contribution in [2.45, 2.75) is 11.3 Å². The van der Waals surface area contributed by atoms with Crippen LogP contribution in [0.1, 0.15) is 11.6 Å². The highest BCUT2D eigenvalue weighted by Gasteiger charge is 2.27. The fourth-order valence-electron chi connectivity index (χ4n) is 1.72. The number of nitrogens with two attached hydrogens (primary N) is 1. The maximum Gasteiger partial charge on any atom is 0.124 e. The normalized spacial score (nSPS) is 24.4. The molecule has 1 aliphatic heterocycles. The van der Waals surface area contributed by atoms with E-state index in [4.69, 9.17) is 15.6 Å². The molecule has 0 fully saturated rings. The molecule has 82 valence electrons. The van der Waals surface area contributed by atoms with E-state index in [9.17, 15) is 0 Å². The molecular formula is C11H15NO2S. The molecule has 3 nitrogen and oxygen atoms in total. The molecule has 1 aromatic carbocycles. The smallest absolute Gasteiger partial charge is 0.124 e. The predicted octanol–water partition coefficient (Wildman–Crippen LogP) is 1.17. The van der Waals surface area contributed by atoms with E-state index in [1.165, 1.54) is 0 Å². The fraction of sp³-hybridized carbons (Fsp3) is 0.455. The van der Waals surface area contributed by atoms with Gasteiger partial charge in [-0.25, -0.2) is 0 Å². The summed E-state index contributed by atoms with van der Waals surface area (Å²) in [5.41, 5.74) is 7.22. The molecule has 1 aliphatic rings. The molecule has 0 bridgehead atoms. The van der Waals surface area contributed by atoms with Gasteiger partial charge in [0, 0.05) is 17.4 Å². The van der Waals surface area contributed by atoms with Gasteiger partial charge in [-0.2, -0.15) is 11.8 Å². The average Bonchev–Trinajstić information content (AvgIpc) is 2.29. The van der Waals surface area contributed by atoms with Gasteiger partial charge in [0.25, 0.3) is 0 Å². The zero-order chi connectivity index (χ0) is 10.7. The molecule has 0 aliphatic carbocycles. The van der Waals surface area contributed by atoms with Gasteiger partial charge in [0.15, 0.2) is 0 Å². The maximum absolute atomic E-state index is 8.78. The molecule has 2 atom stereocenters. The first-order valence-electron chi connectivity index (χ1n) is 5.02. The highest BCUT2D eigenvalue weighted by molar-refractivity contribution is 8.00. The Morgan fingerprint density at radius 3 is 3.07 bits per heavy atom. The van der Waals surface area contributed by atoms with Crippen LogP contribution in [0, 0.1) is 0 Å². The Hall–Kier alpha value is -0.710. The molecule has 2 rings (SSSR count). The first-order chi connectivity index (χ1) is 7.33. The Morgan fingerprint density at radius 1 is 1.47 bits per heavy atom. The standard InChI is InChI=1S/C11H15NO2S/c12-11-8-3-1-2-4-9(8)14-7-10(11)15-6-5-13/h1-4,10-11,13H,5-7,12H2. The second kappa shape index (κ2) is 4.88. The van der Waals surface area contributed by atoms with Crippen molar-refractivity contribution in [1.82, 2.24) is 0 Å². The molecule has 2 unspecified atom stereocenters. The van der Waals surface area contributed by atoms with Crippen LogP contribution < -0.4 is 10.5 Å². The summed E-state index contributed by atoms with van der Waals surface area (Å²) in [6, 6.07) is 7.88. The first-order valence-corrected chi connectivity index (χ1v) is 6.07. The van der Waals surface area contributed by atoms with Gasteiger partial charge >= 0.3 is 0 Å². The molecule has 1 aromatic rings. The quantitative estimate of drug-likeness (QED) is 0.811. The third-order valence-corrected chi connectivity index (χ3v) is 3.78. The van der Waals surface area contributed by atoms with Crippen LogP contribution >= 0.6 is 11.8 Å². The van der Waals surface area contributed by atoms with E-state index >= 15 is 0 Å². The molecule has 0 saturated heterocycles. The highest BCUT2D eigenvalue weighted by Crippen LogP contribution is 2.35. The molecule has 3 N–H and O–H groups in total. The van der Waals surface area contributed by atoms with E-state index < -0.39 is 0 Å². The van der Waals surface area contributed by atoms with Crippen LogP contribution in [0.4, 0.5) is 0 Å². The molecular weight excluding hydrogens is 210 g/mol. The number of aliphatic hydroxyl groups is 1. The SMILES string of the molecule is NC1c2ccccc2OCC1SCCO. The highest BCUT2D eigenvalue weighted by atomic mass is 32.2. The predicted molar refractivity (Wildman–Crippen MR) is 62.2 cm³/mol. The zero-order valence-electron chi connectivity index (χ0n) is 8.43. The summed E-state index contributed by atoms with van der Waals surface area (Å²) in [4.78, 5) is 0. The van der Waals surface area contributed by atoms with E-state index in [1.807, 2.05) is 24.3 Å². The minimum absolute atomic E-state index is 0.00602. The Kier molecular flexibility index (Phi) is 3.51. The molecule has 15 heavy (non-hydrogen) atoms. The van der Waals surface area contributed by atoms with E-state index in [0.717, 1.165) is 11.3 Å². The third kappa shape index (κ3) is 2.27. The lowest BCUT2D eigenvalue weighted by Crippen LogP contribution is -2.34. The van der Waals surface area contributed by atoms with Crippen LogP contribution in [-0.2, 0) is 0 Å². The topological polar surface area (TPSA) is 55.5 Å². The number of hydrogen-bond donors (Lipinski definition) is 2. The number of para-hydroxylation sites is 1. The second-order valence-corrected chi connectivity index (χ2v) is 4.85. The van der Waals surface area contributed by atoms with Crippen molar-refractivity contribution in [2.75, 3.05) is 19.0 Å². The summed E-state index contributed by atoms with van der Waals surface area (Å²) in [6.45, 7) is 0.818. The lowest BCUT2D eigenvalue weighted by atomic mass is 10.0. The van der Waals surface area contributed by atoms with Crippen LogP contribution in [0.25, 0.3) is 0 Å². The molecule has 0 aromatic heterocycles. The fourth-order valence-corrected chi connectivity index (χ4v) is 2.65. The van der Waals surface area contributed by atoms with Gasteiger partial charge in [0.1, 0.15) is 12.4 Å². The molecule has 1 heterocycles. The summed E-state index contributed by atoms with van der Waals surface area (Å²) in [6.07, 6.45) is 0. The van der Waals surface area contributed by atoms with E-state index in [1.54, 1.807) is 11.8 Å². The van der Waals surface area contributed by atoms with Gasteiger partial charge < -0.3 is 15.6 Å². The van der Waals surface area contributed by atoms with Gasteiger partial charge in [-0.1, -0.05) is 18.2 Å².